The quantitative estimate of drug-likeness (QED) is 0.666. The van der Waals surface area contributed by atoms with Crippen LogP contribution in [0, 0.1) is 6.92 Å². The third kappa shape index (κ3) is 3.69. The maximum atomic E-state index is 5.87. The molecule has 0 heterocycles. The maximum absolute atomic E-state index is 5.87. The van der Waals surface area contributed by atoms with Crippen molar-refractivity contribution in [3.63, 3.8) is 0 Å². The van der Waals surface area contributed by atoms with Crippen LogP contribution in [-0.2, 0) is 0 Å². The first-order chi connectivity index (χ1) is 6.11. The van der Waals surface area contributed by atoms with Gasteiger partial charge in [0.1, 0.15) is 0 Å². The van der Waals surface area contributed by atoms with Gasteiger partial charge >= 0.3 is 0 Å². The van der Waals surface area contributed by atoms with E-state index in [0.29, 0.717) is 0 Å². The molecule has 1 aromatic rings. The molecule has 0 saturated carbocycles. The summed E-state index contributed by atoms with van der Waals surface area (Å²) >= 11 is 5.87. The Kier molecular flexibility index (Phi) is 5.56. The first-order valence-corrected chi connectivity index (χ1v) is 4.92. The van der Waals surface area contributed by atoms with Crippen molar-refractivity contribution in [2.24, 2.45) is 0 Å². The number of rotatable bonds is 1. The second-order valence-corrected chi connectivity index (χ2v) is 3.24. The Bertz CT molecular complexity index is 256. The number of halogens is 1. The van der Waals surface area contributed by atoms with Crippen LogP contribution in [0.4, 0.5) is 5.69 Å². The van der Waals surface area contributed by atoms with Crippen molar-refractivity contribution in [1.82, 2.24) is 0 Å². The lowest BCUT2D eigenvalue weighted by Gasteiger charge is -2.12. The van der Waals surface area contributed by atoms with Gasteiger partial charge in [0, 0.05) is 24.8 Å². The van der Waals surface area contributed by atoms with E-state index < -0.39 is 0 Å². The molecule has 0 amide bonds. The number of aryl methyl sites for hydroxylation is 1. The molecule has 74 valence electrons. The monoisotopic (exact) mass is 199 g/mol. The Hall–Kier alpha value is -0.690. The number of anilines is 1. The van der Waals surface area contributed by atoms with Gasteiger partial charge in [0.05, 0.1) is 0 Å². The fourth-order valence-corrected chi connectivity index (χ4v) is 1.02. The minimum absolute atomic E-state index is 0.829. The third-order valence-electron chi connectivity index (χ3n) is 1.66. The molecule has 0 fully saturated rings. The first-order valence-electron chi connectivity index (χ1n) is 4.55. The average molecular weight is 200 g/mol. The molecule has 1 rings (SSSR count). The zero-order valence-electron chi connectivity index (χ0n) is 9.06. The minimum atomic E-state index is 0.829. The van der Waals surface area contributed by atoms with Crippen LogP contribution in [0.5, 0.6) is 0 Å². The van der Waals surface area contributed by atoms with E-state index in [-0.39, 0.29) is 0 Å². The molecule has 1 nitrogen and oxygen atoms in total. The van der Waals surface area contributed by atoms with E-state index in [1.54, 1.807) is 0 Å². The maximum Gasteiger partial charge on any atom is 0.0436 e. The van der Waals surface area contributed by atoms with Gasteiger partial charge in [-0.3, -0.25) is 0 Å². The Balaban J connectivity index is 0.000000671. The van der Waals surface area contributed by atoms with Gasteiger partial charge < -0.3 is 4.90 Å². The zero-order valence-corrected chi connectivity index (χ0v) is 9.81. The molecule has 0 saturated heterocycles. The Morgan fingerprint density at radius 3 is 2.08 bits per heavy atom. The minimum Gasteiger partial charge on any atom is -0.378 e. The number of hydrogen-bond donors (Lipinski definition) is 0. The molecule has 0 aromatic heterocycles. The summed E-state index contributed by atoms with van der Waals surface area (Å²) in [5.74, 6) is 0. The summed E-state index contributed by atoms with van der Waals surface area (Å²) in [6.45, 7) is 6.01. The lowest BCUT2D eigenvalue weighted by Crippen LogP contribution is -2.08. The molecular weight excluding hydrogens is 182 g/mol. The summed E-state index contributed by atoms with van der Waals surface area (Å²) in [6, 6.07) is 6.00. The second kappa shape index (κ2) is 5.87. The van der Waals surface area contributed by atoms with Crippen molar-refractivity contribution in [1.29, 1.82) is 0 Å². The van der Waals surface area contributed by atoms with Gasteiger partial charge in [0.25, 0.3) is 0 Å². The predicted octanol–water partition coefficient (Wildman–Crippen LogP) is 3.74. The fraction of sp³-hybridized carbons (Fsp3) is 0.455. The third-order valence-corrected chi connectivity index (χ3v) is 2.08. The summed E-state index contributed by atoms with van der Waals surface area (Å²) in [5.41, 5.74) is 2.31. The molecule has 0 atom stereocenters. The van der Waals surface area contributed by atoms with Gasteiger partial charge in [-0.25, -0.2) is 0 Å². The van der Waals surface area contributed by atoms with Crippen LogP contribution in [0.1, 0.15) is 19.4 Å². The van der Waals surface area contributed by atoms with Crippen LogP contribution in [0.25, 0.3) is 0 Å². The SMILES string of the molecule is CC.Cc1cc(N(C)C)ccc1Cl. The van der Waals surface area contributed by atoms with Crippen molar-refractivity contribution in [2.75, 3.05) is 19.0 Å². The Morgan fingerprint density at radius 1 is 1.15 bits per heavy atom. The zero-order chi connectivity index (χ0) is 10.4. The Labute approximate surface area is 86.3 Å². The molecule has 0 aliphatic carbocycles. The van der Waals surface area contributed by atoms with Gasteiger partial charge in [0.15, 0.2) is 0 Å². The lowest BCUT2D eigenvalue weighted by atomic mass is 10.2. The molecule has 0 spiro atoms. The van der Waals surface area contributed by atoms with Gasteiger partial charge in [-0.2, -0.15) is 0 Å². The lowest BCUT2D eigenvalue weighted by molar-refractivity contribution is 1.13. The van der Waals surface area contributed by atoms with Crippen LogP contribution in [0.3, 0.4) is 0 Å². The van der Waals surface area contributed by atoms with Crippen molar-refractivity contribution in [2.45, 2.75) is 20.8 Å². The van der Waals surface area contributed by atoms with Crippen LogP contribution >= 0.6 is 11.6 Å². The molecule has 2 heteroatoms. The molecule has 0 unspecified atom stereocenters. The molecule has 0 bridgehead atoms. The highest BCUT2D eigenvalue weighted by Gasteiger charge is 1.97. The van der Waals surface area contributed by atoms with Gasteiger partial charge in [-0.05, 0) is 30.7 Å². The van der Waals surface area contributed by atoms with Crippen molar-refractivity contribution < 1.29 is 0 Å². The first kappa shape index (κ1) is 12.3. The standard InChI is InChI=1S/C9H12ClN.C2H6/c1-7-6-8(11(2)3)4-5-9(7)10;1-2/h4-6H,1-3H3;1-2H3. The Morgan fingerprint density at radius 2 is 1.69 bits per heavy atom. The van der Waals surface area contributed by atoms with Crippen molar-refractivity contribution in [3.8, 4) is 0 Å². The number of nitrogens with zero attached hydrogens (tertiary/aromatic N) is 1. The summed E-state index contributed by atoms with van der Waals surface area (Å²) in [4.78, 5) is 2.06. The van der Waals surface area contributed by atoms with Gasteiger partial charge in [-0.15, -0.1) is 0 Å². The molecule has 0 aliphatic heterocycles. The van der Waals surface area contributed by atoms with Gasteiger partial charge in [0.2, 0.25) is 0 Å². The van der Waals surface area contributed by atoms with E-state index in [1.165, 1.54) is 5.69 Å². The smallest absolute Gasteiger partial charge is 0.0436 e. The van der Waals surface area contributed by atoms with E-state index in [4.69, 9.17) is 11.6 Å². The van der Waals surface area contributed by atoms with Crippen LogP contribution in [0.15, 0.2) is 18.2 Å². The highest BCUT2D eigenvalue weighted by Crippen LogP contribution is 2.20. The number of hydrogen-bond acceptors (Lipinski definition) is 1. The molecule has 0 aliphatic rings. The highest BCUT2D eigenvalue weighted by molar-refractivity contribution is 6.31. The largest absolute Gasteiger partial charge is 0.378 e. The molecular formula is C11H18ClN. The average Bonchev–Trinajstić information content (AvgIpc) is 2.13. The summed E-state index contributed by atoms with van der Waals surface area (Å²) < 4.78 is 0. The van der Waals surface area contributed by atoms with Crippen molar-refractivity contribution in [3.05, 3.63) is 28.8 Å². The second-order valence-electron chi connectivity index (χ2n) is 2.83. The van der Waals surface area contributed by atoms with Gasteiger partial charge in [-0.1, -0.05) is 25.4 Å². The van der Waals surface area contributed by atoms with Crippen LogP contribution < -0.4 is 4.90 Å². The summed E-state index contributed by atoms with van der Waals surface area (Å²) in [7, 11) is 4.03. The van der Waals surface area contributed by atoms with Crippen molar-refractivity contribution >= 4 is 17.3 Å². The predicted molar refractivity (Wildman–Crippen MR) is 61.9 cm³/mol. The summed E-state index contributed by atoms with van der Waals surface area (Å²) in [6.07, 6.45) is 0. The van der Waals surface area contributed by atoms with E-state index in [1.807, 2.05) is 47.0 Å². The molecule has 0 radical (unpaired) electrons. The van der Waals surface area contributed by atoms with E-state index in [2.05, 4.69) is 11.0 Å². The topological polar surface area (TPSA) is 3.24 Å². The fourth-order valence-electron chi connectivity index (χ4n) is 0.907. The highest BCUT2D eigenvalue weighted by atomic mass is 35.5. The van der Waals surface area contributed by atoms with Crippen LogP contribution in [-0.4, -0.2) is 14.1 Å². The molecule has 13 heavy (non-hydrogen) atoms. The molecule has 0 N–H and O–H groups in total. The van der Waals surface area contributed by atoms with Crippen LogP contribution in [0.2, 0.25) is 5.02 Å². The summed E-state index contributed by atoms with van der Waals surface area (Å²) in [5, 5.41) is 0.829. The van der Waals surface area contributed by atoms with E-state index >= 15 is 0 Å². The molecule has 1 aromatic carbocycles. The normalized spacial score (nSPS) is 8.77. The van der Waals surface area contributed by atoms with E-state index in [0.717, 1.165) is 10.6 Å². The van der Waals surface area contributed by atoms with E-state index in [9.17, 15) is 0 Å². The number of benzene rings is 1.